The highest BCUT2D eigenvalue weighted by Crippen LogP contribution is 2.34. The number of allylic oxidation sites excluding steroid dienone is 1. The van der Waals surface area contributed by atoms with Crippen molar-refractivity contribution in [2.75, 3.05) is 0 Å². The van der Waals surface area contributed by atoms with Gasteiger partial charge in [-0.2, -0.15) is 0 Å². The summed E-state index contributed by atoms with van der Waals surface area (Å²) < 4.78 is 0.154. The molecule has 1 aromatic carbocycles. The van der Waals surface area contributed by atoms with Gasteiger partial charge in [-0.3, -0.25) is 4.79 Å². The lowest BCUT2D eigenvalue weighted by molar-refractivity contribution is 0.105. The minimum atomic E-state index is 0.0653. The van der Waals surface area contributed by atoms with Crippen molar-refractivity contribution in [1.29, 1.82) is 0 Å². The molecule has 0 aliphatic heterocycles. The zero-order chi connectivity index (χ0) is 14.6. The number of carbonyl (C=O) groups excluding carboxylic acids is 1. The van der Waals surface area contributed by atoms with E-state index in [0.717, 1.165) is 10.4 Å². The van der Waals surface area contributed by atoms with E-state index in [2.05, 4.69) is 26.8 Å². The van der Waals surface area contributed by atoms with Gasteiger partial charge in [-0.1, -0.05) is 45.0 Å². The van der Waals surface area contributed by atoms with Crippen LogP contribution in [0.5, 0.6) is 0 Å². The molecule has 0 saturated heterocycles. The largest absolute Gasteiger partial charge is 0.288 e. The average molecular weight is 302 g/mol. The zero-order valence-electron chi connectivity index (χ0n) is 11.9. The van der Waals surface area contributed by atoms with E-state index in [9.17, 15) is 4.79 Å². The summed E-state index contributed by atoms with van der Waals surface area (Å²) in [6.45, 7) is 6.57. The third-order valence-electron chi connectivity index (χ3n) is 2.51. The molecule has 104 valence electrons. The molecule has 0 amide bonds. The van der Waals surface area contributed by atoms with E-state index in [1.54, 1.807) is 6.08 Å². The fourth-order valence-electron chi connectivity index (χ4n) is 1.71. The van der Waals surface area contributed by atoms with Crippen LogP contribution < -0.4 is 0 Å². The van der Waals surface area contributed by atoms with E-state index in [1.165, 1.54) is 16.2 Å². The molecule has 0 spiro atoms. The molecule has 0 bridgehead atoms. The van der Waals surface area contributed by atoms with Crippen LogP contribution in [-0.4, -0.2) is 10.5 Å². The number of ketones is 1. The highest BCUT2D eigenvalue weighted by Gasteiger charge is 2.13. The molecular weight excluding hydrogens is 284 g/mol. The Morgan fingerprint density at radius 2 is 1.90 bits per heavy atom. The van der Waals surface area contributed by atoms with Crippen molar-refractivity contribution in [2.24, 2.45) is 0 Å². The van der Waals surface area contributed by atoms with E-state index in [0.29, 0.717) is 0 Å². The summed E-state index contributed by atoms with van der Waals surface area (Å²) in [7, 11) is 0. The van der Waals surface area contributed by atoms with Crippen molar-refractivity contribution >= 4 is 35.0 Å². The van der Waals surface area contributed by atoms with Gasteiger partial charge in [0, 0.05) is 9.64 Å². The number of carbonyl (C=O) groups is 1. The van der Waals surface area contributed by atoms with Crippen LogP contribution in [0.15, 0.2) is 52.7 Å². The molecule has 0 saturated carbocycles. The highest BCUT2D eigenvalue weighted by atomic mass is 32.2. The normalized spacial score (nSPS) is 11.9. The van der Waals surface area contributed by atoms with Gasteiger partial charge in [0.15, 0.2) is 5.78 Å². The summed E-state index contributed by atoms with van der Waals surface area (Å²) in [4.78, 5) is 14.0. The van der Waals surface area contributed by atoms with Crippen LogP contribution in [0.1, 0.15) is 36.0 Å². The van der Waals surface area contributed by atoms with Crippen molar-refractivity contribution in [1.82, 2.24) is 0 Å². The van der Waals surface area contributed by atoms with Crippen LogP contribution in [0.2, 0.25) is 0 Å². The maximum Gasteiger partial charge on any atom is 0.195 e. The summed E-state index contributed by atoms with van der Waals surface area (Å²) in [5, 5.41) is 1.92. The first-order chi connectivity index (χ1) is 9.46. The van der Waals surface area contributed by atoms with Gasteiger partial charge in [0.2, 0.25) is 0 Å². The lowest BCUT2D eigenvalue weighted by atomic mass is 10.2. The Morgan fingerprint density at radius 3 is 2.55 bits per heavy atom. The van der Waals surface area contributed by atoms with Crippen LogP contribution in [0.3, 0.4) is 0 Å². The van der Waals surface area contributed by atoms with Crippen LogP contribution >= 0.6 is 23.1 Å². The smallest absolute Gasteiger partial charge is 0.195 e. The summed E-state index contributed by atoms with van der Waals surface area (Å²) in [5.74, 6) is 0.0653. The highest BCUT2D eigenvalue weighted by molar-refractivity contribution is 8.00. The lowest BCUT2D eigenvalue weighted by Gasteiger charge is -2.18. The van der Waals surface area contributed by atoms with Crippen molar-refractivity contribution in [3.05, 3.63) is 58.3 Å². The molecule has 0 N–H and O–H groups in total. The van der Waals surface area contributed by atoms with Gasteiger partial charge in [-0.15, -0.1) is 23.1 Å². The van der Waals surface area contributed by atoms with E-state index < -0.39 is 0 Å². The number of rotatable bonds is 4. The zero-order valence-corrected chi connectivity index (χ0v) is 13.6. The molecule has 0 unspecified atom stereocenters. The van der Waals surface area contributed by atoms with Crippen LogP contribution in [0.4, 0.5) is 0 Å². The van der Waals surface area contributed by atoms with Gasteiger partial charge in [-0.25, -0.2) is 0 Å². The van der Waals surface area contributed by atoms with Crippen LogP contribution in [-0.2, 0) is 0 Å². The monoisotopic (exact) mass is 302 g/mol. The number of thiophene rings is 1. The Morgan fingerprint density at radius 1 is 1.15 bits per heavy atom. The second kappa shape index (κ2) is 6.42. The number of hydrogen-bond donors (Lipinski definition) is 0. The third kappa shape index (κ3) is 4.36. The predicted molar refractivity (Wildman–Crippen MR) is 89.7 cm³/mol. The van der Waals surface area contributed by atoms with Gasteiger partial charge >= 0.3 is 0 Å². The van der Waals surface area contributed by atoms with Crippen LogP contribution in [0, 0.1) is 0 Å². The standard InChI is InChI=1S/C17H18OS2/c1-17(2,3)20-15-8-5-4-7-13(15)10-11-14(18)16-9-6-12-19-16/h4-12H,1-3H3/b11-10+. The third-order valence-corrected chi connectivity index (χ3v) is 4.60. The van der Waals surface area contributed by atoms with Gasteiger partial charge in [0.1, 0.15) is 0 Å². The first-order valence-electron chi connectivity index (χ1n) is 6.50. The number of benzene rings is 1. The molecule has 0 fully saturated rings. The molecule has 2 aromatic rings. The Balaban J connectivity index is 2.19. The molecule has 0 atom stereocenters. The molecule has 0 aliphatic rings. The summed E-state index contributed by atoms with van der Waals surface area (Å²) in [5.41, 5.74) is 1.09. The second-order valence-electron chi connectivity index (χ2n) is 5.43. The van der Waals surface area contributed by atoms with Crippen molar-refractivity contribution in [3.8, 4) is 0 Å². The van der Waals surface area contributed by atoms with E-state index in [1.807, 2.05) is 53.5 Å². The average Bonchev–Trinajstić information content (AvgIpc) is 2.89. The molecule has 1 nitrogen and oxygen atoms in total. The molecule has 2 rings (SSSR count). The number of hydrogen-bond acceptors (Lipinski definition) is 3. The molecular formula is C17H18OS2. The topological polar surface area (TPSA) is 17.1 Å². The van der Waals surface area contributed by atoms with E-state index in [-0.39, 0.29) is 10.5 Å². The summed E-state index contributed by atoms with van der Waals surface area (Å²) >= 11 is 3.29. The van der Waals surface area contributed by atoms with Gasteiger partial charge in [0.25, 0.3) is 0 Å². The quantitative estimate of drug-likeness (QED) is 0.419. The lowest BCUT2D eigenvalue weighted by Crippen LogP contribution is -2.07. The molecule has 1 heterocycles. The van der Waals surface area contributed by atoms with Gasteiger partial charge in [-0.05, 0) is 35.2 Å². The van der Waals surface area contributed by atoms with E-state index >= 15 is 0 Å². The Kier molecular flexibility index (Phi) is 4.84. The fourth-order valence-corrected chi connectivity index (χ4v) is 3.41. The Hall–Kier alpha value is -1.32. The molecule has 3 heteroatoms. The maximum absolute atomic E-state index is 12.0. The molecule has 1 aromatic heterocycles. The first kappa shape index (κ1) is 15.1. The van der Waals surface area contributed by atoms with Crippen LogP contribution in [0.25, 0.3) is 6.08 Å². The summed E-state index contributed by atoms with van der Waals surface area (Å²) in [6, 6.07) is 11.9. The molecule has 20 heavy (non-hydrogen) atoms. The minimum absolute atomic E-state index is 0.0653. The fraction of sp³-hybridized carbons (Fsp3) is 0.235. The van der Waals surface area contributed by atoms with Gasteiger partial charge in [0.05, 0.1) is 4.88 Å². The van der Waals surface area contributed by atoms with Crippen molar-refractivity contribution in [2.45, 2.75) is 30.4 Å². The predicted octanol–water partition coefficient (Wildman–Crippen LogP) is 5.53. The van der Waals surface area contributed by atoms with Gasteiger partial charge < -0.3 is 0 Å². The second-order valence-corrected chi connectivity index (χ2v) is 8.24. The van der Waals surface area contributed by atoms with Crippen molar-refractivity contribution < 1.29 is 4.79 Å². The SMILES string of the molecule is CC(C)(C)Sc1ccccc1/C=C/C(=O)c1cccs1. The molecule has 0 radical (unpaired) electrons. The Labute approximate surface area is 128 Å². The van der Waals surface area contributed by atoms with E-state index in [4.69, 9.17) is 0 Å². The summed E-state index contributed by atoms with van der Waals surface area (Å²) in [6.07, 6.45) is 3.57. The first-order valence-corrected chi connectivity index (χ1v) is 8.19. The maximum atomic E-state index is 12.0. The molecule has 0 aliphatic carbocycles. The minimum Gasteiger partial charge on any atom is -0.288 e. The Bertz CT molecular complexity index is 604. The number of thioether (sulfide) groups is 1. The van der Waals surface area contributed by atoms with Crippen molar-refractivity contribution in [3.63, 3.8) is 0 Å².